The lowest BCUT2D eigenvalue weighted by atomic mass is 10.2. The first kappa shape index (κ1) is 15.9. The van der Waals surface area contributed by atoms with E-state index in [1.807, 2.05) is 23.1 Å². The molecule has 1 aromatic carbocycles. The minimum absolute atomic E-state index is 0.0229. The minimum Gasteiger partial charge on any atom is -0.368 e. The molecule has 1 fully saturated rings. The average molecular weight is 341 g/mol. The van der Waals surface area contributed by atoms with E-state index in [1.54, 1.807) is 4.57 Å². The molecular formula is C18H23N5O2. The van der Waals surface area contributed by atoms with Crippen LogP contribution in [-0.2, 0) is 24.3 Å². The van der Waals surface area contributed by atoms with Gasteiger partial charge in [0.15, 0.2) is 0 Å². The van der Waals surface area contributed by atoms with Crippen LogP contribution in [0.1, 0.15) is 18.7 Å². The Morgan fingerprint density at radius 3 is 2.48 bits per heavy atom. The van der Waals surface area contributed by atoms with Crippen molar-refractivity contribution in [3.8, 4) is 0 Å². The fourth-order valence-corrected chi connectivity index (χ4v) is 3.63. The Hall–Kier alpha value is -2.57. The standard InChI is InChI=1S/C18H23N5O2/c24-17(14-23-18(25)22-9-5-4-8-16(22)19-23)21-12-10-20(11-13-21)15-6-2-1-3-7-15/h1-3,6-7H,4-5,8-14H2. The number of aromatic nitrogens is 3. The largest absolute Gasteiger partial charge is 0.368 e. The number of hydrogen-bond acceptors (Lipinski definition) is 4. The molecule has 2 aliphatic rings. The third-order valence-electron chi connectivity index (χ3n) is 5.07. The highest BCUT2D eigenvalue weighted by Gasteiger charge is 2.24. The number of benzene rings is 1. The van der Waals surface area contributed by atoms with E-state index in [9.17, 15) is 9.59 Å². The quantitative estimate of drug-likeness (QED) is 0.826. The molecule has 0 aliphatic carbocycles. The van der Waals surface area contributed by atoms with Gasteiger partial charge in [-0.1, -0.05) is 18.2 Å². The molecule has 0 saturated carbocycles. The molecule has 132 valence electrons. The molecule has 2 aromatic rings. The van der Waals surface area contributed by atoms with Gasteiger partial charge >= 0.3 is 5.69 Å². The van der Waals surface area contributed by atoms with Gasteiger partial charge in [0.2, 0.25) is 5.91 Å². The summed E-state index contributed by atoms with van der Waals surface area (Å²) in [6, 6.07) is 10.2. The number of hydrogen-bond donors (Lipinski definition) is 0. The first-order valence-electron chi connectivity index (χ1n) is 8.97. The maximum atomic E-state index is 12.6. The summed E-state index contributed by atoms with van der Waals surface area (Å²) >= 11 is 0. The molecule has 0 N–H and O–H groups in total. The van der Waals surface area contributed by atoms with Crippen molar-refractivity contribution < 1.29 is 4.79 Å². The van der Waals surface area contributed by atoms with Gasteiger partial charge in [-0.3, -0.25) is 9.36 Å². The zero-order chi connectivity index (χ0) is 17.2. The molecule has 0 atom stereocenters. The molecular weight excluding hydrogens is 318 g/mol. The Balaban J connectivity index is 1.38. The third kappa shape index (κ3) is 3.18. The molecule has 0 unspecified atom stereocenters. The molecule has 0 radical (unpaired) electrons. The molecule has 0 spiro atoms. The third-order valence-corrected chi connectivity index (χ3v) is 5.07. The van der Waals surface area contributed by atoms with Crippen LogP contribution >= 0.6 is 0 Å². The molecule has 7 heteroatoms. The van der Waals surface area contributed by atoms with E-state index >= 15 is 0 Å². The summed E-state index contributed by atoms with van der Waals surface area (Å²) in [4.78, 5) is 29.0. The molecule has 1 amide bonds. The Morgan fingerprint density at radius 1 is 1.00 bits per heavy atom. The number of carbonyl (C=O) groups is 1. The summed E-state index contributed by atoms with van der Waals surface area (Å²) in [6.45, 7) is 3.74. The van der Waals surface area contributed by atoms with Crippen LogP contribution in [0.15, 0.2) is 35.1 Å². The van der Waals surface area contributed by atoms with Crippen molar-refractivity contribution in [1.82, 2.24) is 19.2 Å². The monoisotopic (exact) mass is 341 g/mol. The Bertz CT molecular complexity index is 803. The predicted octanol–water partition coefficient (Wildman–Crippen LogP) is 0.730. The van der Waals surface area contributed by atoms with Crippen molar-refractivity contribution in [2.45, 2.75) is 32.4 Å². The van der Waals surface area contributed by atoms with Gasteiger partial charge in [-0.05, 0) is 25.0 Å². The number of piperazine rings is 1. The zero-order valence-corrected chi connectivity index (χ0v) is 14.3. The molecule has 1 saturated heterocycles. The van der Waals surface area contributed by atoms with Crippen LogP contribution in [0.25, 0.3) is 0 Å². The van der Waals surface area contributed by atoms with Gasteiger partial charge in [0, 0.05) is 44.8 Å². The van der Waals surface area contributed by atoms with Crippen molar-refractivity contribution in [2.24, 2.45) is 0 Å². The lowest BCUT2D eigenvalue weighted by Crippen LogP contribution is -2.50. The summed E-state index contributed by atoms with van der Waals surface area (Å²) in [6.07, 6.45) is 2.89. The normalized spacial score (nSPS) is 17.4. The van der Waals surface area contributed by atoms with Gasteiger partial charge < -0.3 is 9.80 Å². The second kappa shape index (κ2) is 6.74. The minimum atomic E-state index is -0.147. The van der Waals surface area contributed by atoms with E-state index in [2.05, 4.69) is 22.1 Å². The van der Waals surface area contributed by atoms with Gasteiger partial charge in [0.1, 0.15) is 12.4 Å². The number of amides is 1. The number of para-hydroxylation sites is 1. The maximum absolute atomic E-state index is 12.6. The summed E-state index contributed by atoms with van der Waals surface area (Å²) in [7, 11) is 0. The second-order valence-corrected chi connectivity index (χ2v) is 6.67. The summed E-state index contributed by atoms with van der Waals surface area (Å²) in [5, 5.41) is 4.36. The Labute approximate surface area is 146 Å². The SMILES string of the molecule is O=C(Cn1nc2n(c1=O)CCCC2)N1CCN(c2ccccc2)CC1. The number of fused-ring (bicyclic) bond motifs is 1. The maximum Gasteiger partial charge on any atom is 0.346 e. The van der Waals surface area contributed by atoms with Crippen LogP contribution in [-0.4, -0.2) is 51.3 Å². The topological polar surface area (TPSA) is 63.4 Å². The summed E-state index contributed by atoms with van der Waals surface area (Å²) in [5.41, 5.74) is 1.04. The lowest BCUT2D eigenvalue weighted by Gasteiger charge is -2.36. The smallest absolute Gasteiger partial charge is 0.346 e. The van der Waals surface area contributed by atoms with Gasteiger partial charge in [-0.25, -0.2) is 9.48 Å². The van der Waals surface area contributed by atoms with Crippen LogP contribution in [0.5, 0.6) is 0 Å². The van der Waals surface area contributed by atoms with E-state index in [0.29, 0.717) is 13.1 Å². The van der Waals surface area contributed by atoms with Crippen LogP contribution in [0, 0.1) is 0 Å². The molecule has 4 rings (SSSR count). The van der Waals surface area contributed by atoms with E-state index in [-0.39, 0.29) is 18.1 Å². The second-order valence-electron chi connectivity index (χ2n) is 6.67. The van der Waals surface area contributed by atoms with Crippen LogP contribution in [0.4, 0.5) is 5.69 Å². The molecule has 25 heavy (non-hydrogen) atoms. The fourth-order valence-electron chi connectivity index (χ4n) is 3.63. The summed E-state index contributed by atoms with van der Waals surface area (Å²) in [5.74, 6) is 0.795. The van der Waals surface area contributed by atoms with E-state index in [1.165, 1.54) is 10.4 Å². The van der Waals surface area contributed by atoms with Gasteiger partial charge in [0.05, 0.1) is 0 Å². The number of aryl methyl sites for hydroxylation is 1. The number of anilines is 1. The fraction of sp³-hybridized carbons (Fsp3) is 0.500. The number of carbonyl (C=O) groups excluding carboxylic acids is 1. The highest BCUT2D eigenvalue weighted by molar-refractivity contribution is 5.76. The average Bonchev–Trinajstić information content (AvgIpc) is 2.98. The zero-order valence-electron chi connectivity index (χ0n) is 14.3. The van der Waals surface area contributed by atoms with Gasteiger partial charge in [-0.15, -0.1) is 0 Å². The van der Waals surface area contributed by atoms with Gasteiger partial charge in [0.25, 0.3) is 0 Å². The van der Waals surface area contributed by atoms with Crippen molar-refractivity contribution in [1.29, 1.82) is 0 Å². The van der Waals surface area contributed by atoms with Gasteiger partial charge in [-0.2, -0.15) is 5.10 Å². The van der Waals surface area contributed by atoms with Crippen LogP contribution in [0.2, 0.25) is 0 Å². The van der Waals surface area contributed by atoms with E-state index in [4.69, 9.17) is 0 Å². The van der Waals surface area contributed by atoms with Crippen molar-refractivity contribution in [3.05, 3.63) is 46.6 Å². The predicted molar refractivity (Wildman–Crippen MR) is 94.7 cm³/mol. The van der Waals surface area contributed by atoms with Crippen LogP contribution < -0.4 is 10.6 Å². The number of nitrogens with zero attached hydrogens (tertiary/aromatic N) is 5. The first-order valence-corrected chi connectivity index (χ1v) is 8.97. The summed E-state index contributed by atoms with van der Waals surface area (Å²) < 4.78 is 3.05. The molecule has 3 heterocycles. The molecule has 2 aliphatic heterocycles. The first-order chi connectivity index (χ1) is 12.2. The van der Waals surface area contributed by atoms with Crippen molar-refractivity contribution in [3.63, 3.8) is 0 Å². The van der Waals surface area contributed by atoms with Crippen molar-refractivity contribution >= 4 is 11.6 Å². The van der Waals surface area contributed by atoms with Crippen LogP contribution in [0.3, 0.4) is 0 Å². The number of rotatable bonds is 3. The highest BCUT2D eigenvalue weighted by Crippen LogP contribution is 2.15. The lowest BCUT2D eigenvalue weighted by molar-refractivity contribution is -0.132. The van der Waals surface area contributed by atoms with Crippen molar-refractivity contribution in [2.75, 3.05) is 31.1 Å². The Kier molecular flexibility index (Phi) is 4.29. The van der Waals surface area contributed by atoms with E-state index < -0.39 is 0 Å². The Morgan fingerprint density at radius 2 is 1.76 bits per heavy atom. The molecule has 7 nitrogen and oxygen atoms in total. The molecule has 0 bridgehead atoms. The highest BCUT2D eigenvalue weighted by atomic mass is 16.2. The van der Waals surface area contributed by atoms with E-state index in [0.717, 1.165) is 44.7 Å². The molecule has 1 aromatic heterocycles.